The number of hydrogen-bond donors (Lipinski definition) is 4. The zero-order valence-corrected chi connectivity index (χ0v) is 36.7. The number of alkyl carbamates (subject to hydrolysis) is 1. The van der Waals surface area contributed by atoms with Crippen molar-refractivity contribution in [2.75, 3.05) is 38.2 Å². The molecule has 2 unspecified atom stereocenters. The summed E-state index contributed by atoms with van der Waals surface area (Å²) >= 11 is 0. The van der Waals surface area contributed by atoms with Gasteiger partial charge in [0.1, 0.15) is 6.54 Å². The number of amides is 2. The molecule has 1 fully saturated rings. The van der Waals surface area contributed by atoms with Crippen molar-refractivity contribution >= 4 is 49.3 Å². The highest BCUT2D eigenvalue weighted by Gasteiger charge is 2.49. The van der Waals surface area contributed by atoms with E-state index in [1.807, 2.05) is 70.0 Å². The van der Waals surface area contributed by atoms with Crippen LogP contribution in [0.5, 0.6) is 0 Å². The summed E-state index contributed by atoms with van der Waals surface area (Å²) in [5.41, 5.74) is 3.96. The Morgan fingerprint density at radius 2 is 1.48 bits per heavy atom. The van der Waals surface area contributed by atoms with Crippen LogP contribution in [-0.2, 0) is 40.6 Å². The minimum atomic E-state index is -4.42. The summed E-state index contributed by atoms with van der Waals surface area (Å²) in [6.07, 6.45) is 15.7. The van der Waals surface area contributed by atoms with Crippen molar-refractivity contribution in [3.63, 3.8) is 0 Å². The Labute approximate surface area is 354 Å². The van der Waals surface area contributed by atoms with Crippen LogP contribution < -0.4 is 15.5 Å². The third kappa shape index (κ3) is 10.1. The maximum Gasteiger partial charge on any atom is 0.407 e. The third-order valence-corrected chi connectivity index (χ3v) is 14.1. The molecule has 2 amide bonds. The number of carbonyl (C=O) groups excluding carboxylic acids is 2. The Bertz CT molecular complexity index is 2400. The van der Waals surface area contributed by atoms with Crippen LogP contribution in [0.25, 0.3) is 0 Å². The van der Waals surface area contributed by atoms with E-state index < -0.39 is 37.2 Å². The Morgan fingerprint density at radius 3 is 2.15 bits per heavy atom. The number of nitrogens with zero attached hydrogens (tertiary/aromatic N) is 2. The van der Waals surface area contributed by atoms with Crippen molar-refractivity contribution in [3.8, 4) is 11.8 Å². The quantitative estimate of drug-likeness (QED) is 0.0460. The Kier molecular flexibility index (Phi) is 13.5. The third-order valence-electron chi connectivity index (χ3n) is 12.4. The number of unbranched alkanes of at least 4 members (excludes halogenated alkanes) is 2. The normalized spacial score (nSPS) is 22.1. The molecule has 6 rings (SSSR count). The van der Waals surface area contributed by atoms with Gasteiger partial charge in [0.15, 0.2) is 5.71 Å². The molecule has 60 heavy (non-hydrogen) atoms. The molecular weight excluding hydrogens is 805 g/mol. The lowest BCUT2D eigenvalue weighted by molar-refractivity contribution is -0.438. The first-order valence-electron chi connectivity index (χ1n) is 20.6. The molecule has 2 atom stereocenters. The van der Waals surface area contributed by atoms with Crippen molar-refractivity contribution < 1.29 is 44.8 Å². The van der Waals surface area contributed by atoms with Gasteiger partial charge in [-0.3, -0.25) is 13.9 Å². The molecule has 4 aliphatic rings. The summed E-state index contributed by atoms with van der Waals surface area (Å²) in [6.45, 7) is 9.63. The van der Waals surface area contributed by atoms with E-state index in [-0.39, 0.29) is 22.2 Å². The van der Waals surface area contributed by atoms with E-state index in [9.17, 15) is 35.5 Å². The molecule has 2 aromatic carbocycles. The second-order valence-electron chi connectivity index (χ2n) is 17.1. The lowest BCUT2D eigenvalue weighted by Gasteiger charge is -2.23. The molecule has 2 aromatic rings. The van der Waals surface area contributed by atoms with Gasteiger partial charge in [0.05, 0.1) is 21.8 Å². The fraction of sp³-hybridized carbons (Fsp3) is 0.489. The monoisotopic (exact) mass is 861 g/mol. The summed E-state index contributed by atoms with van der Waals surface area (Å²) in [6, 6.07) is 9.25. The number of benzene rings is 2. The summed E-state index contributed by atoms with van der Waals surface area (Å²) in [5, 5.41) is 5.58. The number of rotatable bonds is 16. The molecule has 322 valence electrons. The van der Waals surface area contributed by atoms with Crippen LogP contribution >= 0.6 is 0 Å². The molecule has 2 aliphatic heterocycles. The Balaban J connectivity index is 1.02. The highest BCUT2D eigenvalue weighted by atomic mass is 32.2. The van der Waals surface area contributed by atoms with Gasteiger partial charge in [0.25, 0.3) is 20.2 Å². The maximum atomic E-state index is 12.6. The van der Waals surface area contributed by atoms with E-state index in [1.54, 1.807) is 12.1 Å². The van der Waals surface area contributed by atoms with E-state index >= 15 is 0 Å². The number of hydrogen-bond acceptors (Lipinski definition) is 8. The van der Waals surface area contributed by atoms with Gasteiger partial charge in [-0.25, -0.2) is 4.79 Å². The molecule has 0 aromatic heterocycles. The average molecular weight is 862 g/mol. The van der Waals surface area contributed by atoms with Gasteiger partial charge in [-0.15, -0.1) is 11.8 Å². The van der Waals surface area contributed by atoms with Crippen LogP contribution in [-0.4, -0.2) is 81.5 Å². The predicted molar refractivity (Wildman–Crippen MR) is 231 cm³/mol. The lowest BCUT2D eigenvalue weighted by Crippen LogP contribution is -2.35. The van der Waals surface area contributed by atoms with Crippen molar-refractivity contribution in [2.45, 2.75) is 99.7 Å². The van der Waals surface area contributed by atoms with Gasteiger partial charge in [-0.05, 0) is 99.3 Å². The fourth-order valence-electron chi connectivity index (χ4n) is 9.08. The zero-order chi connectivity index (χ0) is 43.5. The average Bonchev–Trinajstić information content (AvgIpc) is 3.71. The molecule has 0 radical (unpaired) electrons. The van der Waals surface area contributed by atoms with Crippen molar-refractivity contribution in [1.82, 2.24) is 10.6 Å². The maximum absolute atomic E-state index is 12.6. The highest BCUT2D eigenvalue weighted by molar-refractivity contribution is 7.86. The number of nitrogens with one attached hydrogen (secondary N) is 2. The molecule has 0 saturated heterocycles. The Morgan fingerprint density at radius 1 is 0.850 bits per heavy atom. The molecule has 0 bridgehead atoms. The largest absolute Gasteiger partial charge is 0.449 e. The van der Waals surface area contributed by atoms with Gasteiger partial charge in [0, 0.05) is 80.3 Å². The van der Waals surface area contributed by atoms with Crippen LogP contribution in [0.2, 0.25) is 0 Å². The molecule has 2 aliphatic carbocycles. The van der Waals surface area contributed by atoms with E-state index in [4.69, 9.17) is 4.74 Å². The molecule has 2 heterocycles. The first kappa shape index (κ1) is 44.8. The molecular formula is C45H57N4O9S2+. The minimum absolute atomic E-state index is 0.0946. The standard InChI is InChI=1S/C45H56N4O9S2/c1-44(2)36-28-31(59(52,53)54)21-23-38(36)48(5)40(44)18-12-8-13-19-41-45(3,4)37-29-32(60(55,56)57)22-24-39(37)49(41)27-15-9-14-20-42(50)46-25-26-47-43(51)58-30-35-33-16-10-6-7-11-17-34(33)35/h8,12-13,18-19,21-24,28-29,33-35H,9-11,14-17,20,25-27,30H2,1-5H3,(H3-,46,47,50,51,52,53,54,55,56,57)/p+1. The molecule has 15 heteroatoms. The fourth-order valence-corrected chi connectivity index (χ4v) is 10.1. The minimum Gasteiger partial charge on any atom is -0.449 e. The van der Waals surface area contributed by atoms with Crippen molar-refractivity contribution in [1.29, 1.82) is 0 Å². The smallest absolute Gasteiger partial charge is 0.407 e. The van der Waals surface area contributed by atoms with Gasteiger partial charge in [-0.1, -0.05) is 32.1 Å². The number of ether oxygens (including phenoxy) is 1. The van der Waals surface area contributed by atoms with Crippen LogP contribution in [0.1, 0.15) is 90.2 Å². The number of fused-ring (bicyclic) bond motifs is 3. The van der Waals surface area contributed by atoms with E-state index in [2.05, 4.69) is 27.0 Å². The van der Waals surface area contributed by atoms with Crippen LogP contribution in [0.15, 0.2) is 82.3 Å². The van der Waals surface area contributed by atoms with Gasteiger partial charge >= 0.3 is 6.09 Å². The highest BCUT2D eigenvalue weighted by Crippen LogP contribution is 2.52. The zero-order valence-electron chi connectivity index (χ0n) is 35.0. The number of anilines is 1. The summed E-state index contributed by atoms with van der Waals surface area (Å²) < 4.78 is 74.9. The predicted octanol–water partition coefficient (Wildman–Crippen LogP) is 6.82. The van der Waals surface area contributed by atoms with E-state index in [0.717, 1.165) is 72.4 Å². The topological polar surface area (TPSA) is 182 Å². The lowest BCUT2D eigenvalue weighted by atomic mass is 9.81. The van der Waals surface area contributed by atoms with Crippen molar-refractivity contribution in [3.05, 3.63) is 83.6 Å². The number of carbonyl (C=O) groups is 2. The Hall–Kier alpha value is -4.75. The van der Waals surface area contributed by atoms with E-state index in [1.165, 1.54) is 24.3 Å². The summed E-state index contributed by atoms with van der Waals surface area (Å²) in [5.74, 6) is 7.92. The second-order valence-corrected chi connectivity index (χ2v) is 19.9. The van der Waals surface area contributed by atoms with Gasteiger partial charge in [-0.2, -0.15) is 21.4 Å². The van der Waals surface area contributed by atoms with Crippen LogP contribution in [0, 0.1) is 29.6 Å². The van der Waals surface area contributed by atoms with Crippen molar-refractivity contribution in [2.24, 2.45) is 17.8 Å². The molecule has 4 N–H and O–H groups in total. The molecule has 0 spiro atoms. The van der Waals surface area contributed by atoms with Crippen LogP contribution in [0.4, 0.5) is 16.2 Å². The second kappa shape index (κ2) is 18.1. The number of likely N-dealkylation sites (N-methyl/N-ethyl adjacent to an activating group) is 1. The first-order chi connectivity index (χ1) is 28.3. The molecule has 13 nitrogen and oxygen atoms in total. The number of allylic oxidation sites excluding steroid dienone is 6. The summed E-state index contributed by atoms with van der Waals surface area (Å²) in [7, 11) is -6.86. The van der Waals surface area contributed by atoms with Gasteiger partial charge in [0.2, 0.25) is 11.6 Å². The first-order valence-corrected chi connectivity index (χ1v) is 23.5. The molecule has 1 saturated carbocycles. The van der Waals surface area contributed by atoms with Gasteiger partial charge < -0.3 is 20.3 Å². The SMILES string of the molecule is CN1/C(=C/C=C/C=C/C2=[N+](CCCCCC(=O)NCCNC(=O)OCC3C4CCC#CCCC43)c3ccc(S(=O)(=O)O)cc3C2(C)C)C(C)(C)c2cc(S(=O)(=O)O)ccc21. The van der Waals surface area contributed by atoms with Crippen LogP contribution in [0.3, 0.4) is 0 Å². The van der Waals surface area contributed by atoms with E-state index in [0.29, 0.717) is 50.3 Å². The summed E-state index contributed by atoms with van der Waals surface area (Å²) in [4.78, 5) is 26.4.